The summed E-state index contributed by atoms with van der Waals surface area (Å²) in [5.74, 6) is 1.64. The van der Waals surface area contributed by atoms with E-state index < -0.39 is 0 Å². The third-order valence-corrected chi connectivity index (χ3v) is 4.57. The molecule has 1 aromatic carbocycles. The van der Waals surface area contributed by atoms with Gasteiger partial charge in [0.1, 0.15) is 13.2 Å². The molecule has 2 bridgehead atoms. The molecule has 5 nitrogen and oxygen atoms in total. The Kier molecular flexibility index (Phi) is 3.49. The minimum Gasteiger partial charge on any atom is -0.486 e. The molecule has 2 fully saturated rings. The van der Waals surface area contributed by atoms with Gasteiger partial charge in [0.15, 0.2) is 11.5 Å². The molecule has 3 aliphatic rings. The predicted molar refractivity (Wildman–Crippen MR) is 78.7 cm³/mol. The monoisotopic (exact) mass is 290 g/mol. The van der Waals surface area contributed by atoms with Gasteiger partial charge in [-0.25, -0.2) is 0 Å². The van der Waals surface area contributed by atoms with Gasteiger partial charge in [0, 0.05) is 25.7 Å². The molecule has 2 N–H and O–H groups in total. The normalized spacial score (nSPS) is 29.4. The number of ether oxygens (including phenoxy) is 3. The van der Waals surface area contributed by atoms with Gasteiger partial charge in [0.25, 0.3) is 0 Å². The molecule has 0 aromatic heterocycles. The van der Waals surface area contributed by atoms with Crippen LogP contribution in [0.2, 0.25) is 0 Å². The van der Waals surface area contributed by atoms with Crippen LogP contribution in [0.1, 0.15) is 24.4 Å². The zero-order chi connectivity index (χ0) is 14.2. The SMILES string of the molecule is NC(CN1CC2CCC(C1)O2)c1ccc2c(c1)OCCO2. The highest BCUT2D eigenvalue weighted by atomic mass is 16.6. The van der Waals surface area contributed by atoms with Gasteiger partial charge in [-0.3, -0.25) is 4.90 Å². The Bertz CT molecular complexity index is 510. The molecule has 1 aromatic rings. The summed E-state index contributed by atoms with van der Waals surface area (Å²) in [6.45, 7) is 4.12. The smallest absolute Gasteiger partial charge is 0.161 e. The van der Waals surface area contributed by atoms with Gasteiger partial charge in [-0.05, 0) is 30.5 Å². The molecule has 0 radical (unpaired) electrons. The van der Waals surface area contributed by atoms with E-state index in [0.717, 1.165) is 36.7 Å². The Hall–Kier alpha value is -1.30. The van der Waals surface area contributed by atoms with Gasteiger partial charge >= 0.3 is 0 Å². The second-order valence-electron chi connectivity index (χ2n) is 6.19. The fourth-order valence-corrected chi connectivity index (χ4v) is 3.52. The number of nitrogens with zero attached hydrogens (tertiary/aromatic N) is 1. The molecule has 2 saturated heterocycles. The molecule has 3 atom stereocenters. The summed E-state index contributed by atoms with van der Waals surface area (Å²) in [6, 6.07) is 6.03. The standard InChI is InChI=1S/C16H22N2O3/c17-14(10-18-8-12-2-3-13(9-18)21-12)11-1-4-15-16(7-11)20-6-5-19-15/h1,4,7,12-14H,2-3,5-6,8-10,17H2. The molecular formula is C16H22N2O3. The maximum Gasteiger partial charge on any atom is 0.161 e. The lowest BCUT2D eigenvalue weighted by atomic mass is 10.1. The molecule has 3 heterocycles. The molecule has 114 valence electrons. The van der Waals surface area contributed by atoms with Crippen LogP contribution in [-0.2, 0) is 4.74 Å². The van der Waals surface area contributed by atoms with E-state index in [1.54, 1.807) is 0 Å². The summed E-state index contributed by atoms with van der Waals surface area (Å²) in [7, 11) is 0. The first-order valence-corrected chi connectivity index (χ1v) is 7.81. The number of hydrogen-bond acceptors (Lipinski definition) is 5. The van der Waals surface area contributed by atoms with Crippen LogP contribution in [0.15, 0.2) is 18.2 Å². The minimum atomic E-state index is -0.00155. The summed E-state index contributed by atoms with van der Waals surface area (Å²) >= 11 is 0. The van der Waals surface area contributed by atoms with Crippen LogP contribution in [0.25, 0.3) is 0 Å². The highest BCUT2D eigenvalue weighted by molar-refractivity contribution is 5.44. The van der Waals surface area contributed by atoms with E-state index >= 15 is 0 Å². The van der Waals surface area contributed by atoms with E-state index in [1.807, 2.05) is 18.2 Å². The predicted octanol–water partition coefficient (Wildman–Crippen LogP) is 1.32. The van der Waals surface area contributed by atoms with Crippen LogP contribution in [0, 0.1) is 0 Å². The first-order valence-electron chi connectivity index (χ1n) is 7.81. The van der Waals surface area contributed by atoms with Crippen molar-refractivity contribution in [1.29, 1.82) is 0 Å². The van der Waals surface area contributed by atoms with Crippen molar-refractivity contribution >= 4 is 0 Å². The number of fused-ring (bicyclic) bond motifs is 3. The lowest BCUT2D eigenvalue weighted by Gasteiger charge is -2.33. The van der Waals surface area contributed by atoms with Crippen molar-refractivity contribution in [2.45, 2.75) is 31.1 Å². The van der Waals surface area contributed by atoms with Crippen molar-refractivity contribution in [3.05, 3.63) is 23.8 Å². The summed E-state index contributed by atoms with van der Waals surface area (Å²) in [5, 5.41) is 0. The molecule has 3 aliphatic heterocycles. The van der Waals surface area contributed by atoms with Gasteiger partial charge in [-0.2, -0.15) is 0 Å². The fraction of sp³-hybridized carbons (Fsp3) is 0.625. The Morgan fingerprint density at radius 2 is 1.81 bits per heavy atom. The van der Waals surface area contributed by atoms with Crippen molar-refractivity contribution in [1.82, 2.24) is 4.90 Å². The van der Waals surface area contributed by atoms with Crippen LogP contribution >= 0.6 is 0 Å². The van der Waals surface area contributed by atoms with Crippen LogP contribution in [0.3, 0.4) is 0 Å². The Labute approximate surface area is 125 Å². The molecule has 0 amide bonds. The first kappa shape index (κ1) is 13.4. The third-order valence-electron chi connectivity index (χ3n) is 4.57. The number of rotatable bonds is 3. The van der Waals surface area contributed by atoms with E-state index in [-0.39, 0.29) is 6.04 Å². The quantitative estimate of drug-likeness (QED) is 0.910. The Morgan fingerprint density at radius 3 is 2.57 bits per heavy atom. The van der Waals surface area contributed by atoms with E-state index in [0.29, 0.717) is 25.4 Å². The lowest BCUT2D eigenvalue weighted by Crippen LogP contribution is -2.45. The fourth-order valence-electron chi connectivity index (χ4n) is 3.52. The van der Waals surface area contributed by atoms with E-state index in [2.05, 4.69) is 4.90 Å². The number of nitrogens with two attached hydrogens (primary N) is 1. The molecule has 0 aliphatic carbocycles. The van der Waals surface area contributed by atoms with Crippen LogP contribution in [0.5, 0.6) is 11.5 Å². The van der Waals surface area contributed by atoms with Crippen molar-refractivity contribution in [3.63, 3.8) is 0 Å². The van der Waals surface area contributed by atoms with Crippen molar-refractivity contribution in [2.75, 3.05) is 32.8 Å². The maximum atomic E-state index is 6.39. The first-order chi connectivity index (χ1) is 10.3. The lowest BCUT2D eigenvalue weighted by molar-refractivity contribution is -0.0397. The third kappa shape index (κ3) is 2.73. The highest BCUT2D eigenvalue weighted by Crippen LogP contribution is 2.33. The van der Waals surface area contributed by atoms with Crippen LogP contribution in [-0.4, -0.2) is 50.0 Å². The second kappa shape index (κ2) is 5.48. The van der Waals surface area contributed by atoms with Crippen LogP contribution in [0.4, 0.5) is 0 Å². The maximum absolute atomic E-state index is 6.39. The zero-order valence-corrected chi connectivity index (χ0v) is 12.2. The topological polar surface area (TPSA) is 57.0 Å². The van der Waals surface area contributed by atoms with E-state index in [9.17, 15) is 0 Å². The number of morpholine rings is 1. The molecule has 4 rings (SSSR count). The Morgan fingerprint density at radius 1 is 1.10 bits per heavy atom. The largest absolute Gasteiger partial charge is 0.486 e. The summed E-state index contributed by atoms with van der Waals surface area (Å²) < 4.78 is 17.1. The molecule has 5 heteroatoms. The van der Waals surface area contributed by atoms with Crippen molar-refractivity contribution in [2.24, 2.45) is 5.73 Å². The van der Waals surface area contributed by atoms with Gasteiger partial charge < -0.3 is 19.9 Å². The number of benzene rings is 1. The summed E-state index contributed by atoms with van der Waals surface area (Å²) in [5.41, 5.74) is 7.50. The molecule has 21 heavy (non-hydrogen) atoms. The summed E-state index contributed by atoms with van der Waals surface area (Å²) in [6.07, 6.45) is 3.22. The second-order valence-corrected chi connectivity index (χ2v) is 6.19. The van der Waals surface area contributed by atoms with E-state index in [1.165, 1.54) is 12.8 Å². The van der Waals surface area contributed by atoms with Gasteiger partial charge in [-0.15, -0.1) is 0 Å². The average Bonchev–Trinajstić information content (AvgIpc) is 2.85. The number of likely N-dealkylation sites (tertiary alicyclic amines) is 1. The molecular weight excluding hydrogens is 268 g/mol. The molecule has 0 saturated carbocycles. The van der Waals surface area contributed by atoms with Crippen LogP contribution < -0.4 is 15.2 Å². The van der Waals surface area contributed by atoms with Crippen molar-refractivity contribution < 1.29 is 14.2 Å². The highest BCUT2D eigenvalue weighted by Gasteiger charge is 2.34. The summed E-state index contributed by atoms with van der Waals surface area (Å²) in [4.78, 5) is 2.44. The average molecular weight is 290 g/mol. The Balaban J connectivity index is 1.43. The molecule has 0 spiro atoms. The minimum absolute atomic E-state index is 0.00155. The number of hydrogen-bond donors (Lipinski definition) is 1. The van der Waals surface area contributed by atoms with Gasteiger partial charge in [-0.1, -0.05) is 6.07 Å². The van der Waals surface area contributed by atoms with Gasteiger partial charge in [0.05, 0.1) is 12.2 Å². The zero-order valence-electron chi connectivity index (χ0n) is 12.2. The van der Waals surface area contributed by atoms with Crippen molar-refractivity contribution in [3.8, 4) is 11.5 Å². The molecule has 3 unspecified atom stereocenters. The van der Waals surface area contributed by atoms with Gasteiger partial charge in [0.2, 0.25) is 0 Å². The van der Waals surface area contributed by atoms with E-state index in [4.69, 9.17) is 19.9 Å².